The average Bonchev–Trinajstić information content (AvgIpc) is 2.49. The van der Waals surface area contributed by atoms with E-state index in [2.05, 4.69) is 5.32 Å². The lowest BCUT2D eigenvalue weighted by Gasteiger charge is -2.07. The first-order valence-electron chi connectivity index (χ1n) is 6.36. The smallest absolute Gasteiger partial charge is 0.275 e. The summed E-state index contributed by atoms with van der Waals surface area (Å²) >= 11 is 5.78. The van der Waals surface area contributed by atoms with Crippen LogP contribution in [0.1, 0.15) is 11.1 Å². The van der Waals surface area contributed by atoms with Crippen LogP contribution >= 0.6 is 11.6 Å². The molecule has 0 aliphatic carbocycles. The summed E-state index contributed by atoms with van der Waals surface area (Å²) in [5, 5.41) is 14.5. The fraction of sp³-hybridized carbons (Fsp3) is 0.200. The maximum Gasteiger partial charge on any atom is 0.275 e. The standard InChI is InChI=1S/C15H15ClN2O3/c1-21-14-6-2-11(3-7-14)9-17-10-12-4-5-13(16)8-15(12)18(19)20/h2-8,17H,9-10H2,1H3. The highest BCUT2D eigenvalue weighted by Gasteiger charge is 2.13. The van der Waals surface area contributed by atoms with Crippen LogP contribution in [0.4, 0.5) is 5.69 Å². The van der Waals surface area contributed by atoms with Crippen LogP contribution in [0.25, 0.3) is 0 Å². The van der Waals surface area contributed by atoms with Crippen LogP contribution in [-0.2, 0) is 13.1 Å². The van der Waals surface area contributed by atoms with Gasteiger partial charge in [-0.2, -0.15) is 0 Å². The lowest BCUT2D eigenvalue weighted by atomic mass is 10.1. The first-order chi connectivity index (χ1) is 10.1. The molecule has 0 aromatic heterocycles. The molecule has 0 saturated carbocycles. The minimum absolute atomic E-state index is 0.0322. The van der Waals surface area contributed by atoms with Crippen molar-refractivity contribution in [1.29, 1.82) is 0 Å². The van der Waals surface area contributed by atoms with Gasteiger partial charge in [-0.3, -0.25) is 10.1 Å². The van der Waals surface area contributed by atoms with Gasteiger partial charge in [0.25, 0.3) is 5.69 Å². The molecule has 2 rings (SSSR count). The van der Waals surface area contributed by atoms with E-state index in [-0.39, 0.29) is 5.69 Å². The van der Waals surface area contributed by atoms with Gasteiger partial charge in [-0.05, 0) is 29.8 Å². The molecule has 110 valence electrons. The fourth-order valence-corrected chi connectivity index (χ4v) is 2.11. The molecule has 0 bridgehead atoms. The molecule has 0 fully saturated rings. The first-order valence-corrected chi connectivity index (χ1v) is 6.74. The normalized spacial score (nSPS) is 10.4. The Morgan fingerprint density at radius 3 is 2.52 bits per heavy atom. The summed E-state index contributed by atoms with van der Waals surface area (Å²) in [5.41, 5.74) is 1.72. The molecule has 0 saturated heterocycles. The van der Waals surface area contributed by atoms with Crippen LogP contribution in [0.3, 0.4) is 0 Å². The molecule has 1 N–H and O–H groups in total. The van der Waals surface area contributed by atoms with Crippen molar-refractivity contribution >= 4 is 17.3 Å². The Hall–Kier alpha value is -2.11. The highest BCUT2D eigenvalue weighted by Crippen LogP contribution is 2.23. The van der Waals surface area contributed by atoms with Crippen molar-refractivity contribution in [2.75, 3.05) is 7.11 Å². The van der Waals surface area contributed by atoms with Gasteiger partial charge in [0.05, 0.1) is 12.0 Å². The van der Waals surface area contributed by atoms with Crippen LogP contribution < -0.4 is 10.1 Å². The highest BCUT2D eigenvalue weighted by atomic mass is 35.5. The van der Waals surface area contributed by atoms with Gasteiger partial charge in [-0.25, -0.2) is 0 Å². The number of hydrogen-bond donors (Lipinski definition) is 1. The zero-order valence-electron chi connectivity index (χ0n) is 11.5. The third-order valence-electron chi connectivity index (χ3n) is 3.05. The molecule has 6 heteroatoms. The predicted molar refractivity (Wildman–Crippen MR) is 81.6 cm³/mol. The molecule has 0 amide bonds. The molecule has 0 spiro atoms. The second-order valence-electron chi connectivity index (χ2n) is 4.48. The van der Waals surface area contributed by atoms with Crippen molar-refractivity contribution in [1.82, 2.24) is 5.32 Å². The number of benzene rings is 2. The summed E-state index contributed by atoms with van der Waals surface area (Å²) in [7, 11) is 1.62. The van der Waals surface area contributed by atoms with Crippen LogP contribution in [0, 0.1) is 10.1 Å². The zero-order chi connectivity index (χ0) is 15.2. The summed E-state index contributed by atoms with van der Waals surface area (Å²) in [6.45, 7) is 1.02. The summed E-state index contributed by atoms with van der Waals surface area (Å²) in [4.78, 5) is 10.6. The molecule has 0 aliphatic heterocycles. The van der Waals surface area contributed by atoms with E-state index >= 15 is 0 Å². The van der Waals surface area contributed by atoms with E-state index in [0.717, 1.165) is 11.3 Å². The zero-order valence-corrected chi connectivity index (χ0v) is 12.3. The van der Waals surface area contributed by atoms with Gasteiger partial charge >= 0.3 is 0 Å². The van der Waals surface area contributed by atoms with E-state index in [9.17, 15) is 10.1 Å². The molecule has 21 heavy (non-hydrogen) atoms. The Labute approximate surface area is 127 Å². The summed E-state index contributed by atoms with van der Waals surface area (Å²) in [5.74, 6) is 0.798. The number of nitro benzene ring substituents is 1. The number of halogens is 1. The van der Waals surface area contributed by atoms with E-state index in [0.29, 0.717) is 23.7 Å². The summed E-state index contributed by atoms with van der Waals surface area (Å²) < 4.78 is 5.09. The molecule has 0 radical (unpaired) electrons. The number of methoxy groups -OCH3 is 1. The van der Waals surface area contributed by atoms with Crippen LogP contribution in [-0.4, -0.2) is 12.0 Å². The van der Waals surface area contributed by atoms with Crippen LogP contribution in [0.2, 0.25) is 5.02 Å². The van der Waals surface area contributed by atoms with E-state index in [1.807, 2.05) is 24.3 Å². The maximum atomic E-state index is 11.0. The van der Waals surface area contributed by atoms with Crippen molar-refractivity contribution in [3.05, 3.63) is 68.7 Å². The third-order valence-corrected chi connectivity index (χ3v) is 3.28. The second kappa shape index (κ2) is 7.06. The summed E-state index contributed by atoms with van der Waals surface area (Å²) in [6, 6.07) is 12.3. The molecule has 0 unspecified atom stereocenters. The molecule has 2 aromatic rings. The van der Waals surface area contributed by atoms with Gasteiger partial charge in [-0.15, -0.1) is 0 Å². The summed E-state index contributed by atoms with van der Waals surface area (Å²) in [6.07, 6.45) is 0. The van der Waals surface area contributed by atoms with Crippen LogP contribution in [0.15, 0.2) is 42.5 Å². The van der Waals surface area contributed by atoms with Gasteiger partial charge in [0.15, 0.2) is 0 Å². The fourth-order valence-electron chi connectivity index (χ4n) is 1.94. The highest BCUT2D eigenvalue weighted by molar-refractivity contribution is 6.30. The van der Waals surface area contributed by atoms with E-state index in [4.69, 9.17) is 16.3 Å². The molecule has 0 atom stereocenters. The minimum Gasteiger partial charge on any atom is -0.497 e. The SMILES string of the molecule is COc1ccc(CNCc2ccc(Cl)cc2[N+](=O)[O-])cc1. The van der Waals surface area contributed by atoms with E-state index in [1.54, 1.807) is 19.2 Å². The van der Waals surface area contributed by atoms with Crippen molar-refractivity contribution in [2.24, 2.45) is 0 Å². The van der Waals surface area contributed by atoms with Gasteiger partial charge in [-0.1, -0.05) is 23.7 Å². The van der Waals surface area contributed by atoms with Crippen molar-refractivity contribution in [3.8, 4) is 5.75 Å². The Balaban J connectivity index is 1.98. The maximum absolute atomic E-state index is 11.0. The van der Waals surface area contributed by atoms with E-state index < -0.39 is 4.92 Å². The van der Waals surface area contributed by atoms with Gasteiger partial charge in [0.2, 0.25) is 0 Å². The van der Waals surface area contributed by atoms with Crippen molar-refractivity contribution in [3.63, 3.8) is 0 Å². The van der Waals surface area contributed by atoms with Crippen molar-refractivity contribution < 1.29 is 9.66 Å². The van der Waals surface area contributed by atoms with Gasteiger partial charge < -0.3 is 10.1 Å². The van der Waals surface area contributed by atoms with Crippen LogP contribution in [0.5, 0.6) is 5.75 Å². The monoisotopic (exact) mass is 306 g/mol. The largest absolute Gasteiger partial charge is 0.497 e. The molecule has 0 heterocycles. The third kappa shape index (κ3) is 4.18. The number of hydrogen-bond acceptors (Lipinski definition) is 4. The Bertz CT molecular complexity index is 629. The lowest BCUT2D eigenvalue weighted by Crippen LogP contribution is -2.13. The Kier molecular flexibility index (Phi) is 5.14. The molecular weight excluding hydrogens is 292 g/mol. The Morgan fingerprint density at radius 1 is 1.19 bits per heavy atom. The molecular formula is C15H15ClN2O3. The lowest BCUT2D eigenvalue weighted by molar-refractivity contribution is -0.385. The Morgan fingerprint density at radius 2 is 1.90 bits per heavy atom. The topological polar surface area (TPSA) is 64.4 Å². The first kappa shape index (κ1) is 15.3. The van der Waals surface area contributed by atoms with Crippen molar-refractivity contribution in [2.45, 2.75) is 13.1 Å². The molecule has 2 aromatic carbocycles. The molecule has 0 aliphatic rings. The predicted octanol–water partition coefficient (Wildman–Crippen LogP) is 3.55. The number of nitro groups is 1. The minimum atomic E-state index is -0.420. The van der Waals surface area contributed by atoms with E-state index in [1.165, 1.54) is 6.07 Å². The number of rotatable bonds is 6. The van der Waals surface area contributed by atoms with Gasteiger partial charge in [0.1, 0.15) is 5.75 Å². The second-order valence-corrected chi connectivity index (χ2v) is 4.92. The molecule has 5 nitrogen and oxygen atoms in total. The van der Waals surface area contributed by atoms with Gasteiger partial charge in [0, 0.05) is 29.7 Å². The number of ether oxygens (including phenoxy) is 1. The number of nitrogens with zero attached hydrogens (tertiary/aromatic N) is 1. The quantitative estimate of drug-likeness (QED) is 0.655. The number of nitrogens with one attached hydrogen (secondary N) is 1. The average molecular weight is 307 g/mol.